The summed E-state index contributed by atoms with van der Waals surface area (Å²) < 4.78 is 5.42. The first-order valence-electron chi connectivity index (χ1n) is 8.28. The number of nitrogens with one attached hydrogen (secondary N) is 1. The third-order valence-corrected chi connectivity index (χ3v) is 4.68. The molecule has 1 atom stereocenters. The molecule has 0 aliphatic heterocycles. The summed E-state index contributed by atoms with van der Waals surface area (Å²) >= 11 is 0. The molecule has 0 saturated heterocycles. The highest BCUT2D eigenvalue weighted by molar-refractivity contribution is 5.47. The predicted octanol–water partition coefficient (Wildman–Crippen LogP) is 3.93. The molecule has 0 radical (unpaired) electrons. The summed E-state index contributed by atoms with van der Waals surface area (Å²) in [6.07, 6.45) is 3.36. The Bertz CT molecular complexity index is 635. The Balaban J connectivity index is 2.01. The van der Waals surface area contributed by atoms with Crippen LogP contribution in [0.3, 0.4) is 0 Å². The van der Waals surface area contributed by atoms with Gasteiger partial charge in [0.05, 0.1) is 7.11 Å². The maximum absolute atomic E-state index is 5.42. The first-order chi connectivity index (χ1) is 10.8. The van der Waals surface area contributed by atoms with E-state index in [0.717, 1.165) is 38.1 Å². The lowest BCUT2D eigenvalue weighted by molar-refractivity contribution is 0.414. The minimum Gasteiger partial charge on any atom is -0.497 e. The molecule has 2 aromatic rings. The molecule has 2 heteroatoms. The topological polar surface area (TPSA) is 21.3 Å². The summed E-state index contributed by atoms with van der Waals surface area (Å²) in [6, 6.07) is 15.5. The number of rotatable bonds is 5. The first-order valence-corrected chi connectivity index (χ1v) is 8.28. The van der Waals surface area contributed by atoms with Crippen LogP contribution in [-0.4, -0.2) is 20.2 Å². The third-order valence-electron chi connectivity index (χ3n) is 4.68. The van der Waals surface area contributed by atoms with Gasteiger partial charge < -0.3 is 10.1 Å². The fourth-order valence-corrected chi connectivity index (χ4v) is 3.54. The SMILES string of the molecule is CCNCCC1c2ccccc2CCc2cc(OC)ccc21. The van der Waals surface area contributed by atoms with Gasteiger partial charge in [-0.15, -0.1) is 0 Å². The lowest BCUT2D eigenvalue weighted by atomic mass is 9.85. The van der Waals surface area contributed by atoms with Crippen LogP contribution in [0, 0.1) is 0 Å². The summed E-state index contributed by atoms with van der Waals surface area (Å²) in [5.74, 6) is 1.45. The highest BCUT2D eigenvalue weighted by atomic mass is 16.5. The summed E-state index contributed by atoms with van der Waals surface area (Å²) in [5.41, 5.74) is 5.92. The Morgan fingerprint density at radius 1 is 1.05 bits per heavy atom. The Labute approximate surface area is 133 Å². The van der Waals surface area contributed by atoms with E-state index in [0.29, 0.717) is 5.92 Å². The van der Waals surface area contributed by atoms with Gasteiger partial charge >= 0.3 is 0 Å². The molecule has 2 aromatic carbocycles. The van der Waals surface area contributed by atoms with Gasteiger partial charge in [-0.1, -0.05) is 37.3 Å². The van der Waals surface area contributed by atoms with Gasteiger partial charge in [0.2, 0.25) is 0 Å². The zero-order valence-corrected chi connectivity index (χ0v) is 13.6. The van der Waals surface area contributed by atoms with Crippen LogP contribution in [0.2, 0.25) is 0 Å². The number of hydrogen-bond acceptors (Lipinski definition) is 2. The fourth-order valence-electron chi connectivity index (χ4n) is 3.54. The molecule has 1 aliphatic rings. The molecule has 0 fully saturated rings. The van der Waals surface area contributed by atoms with Crippen LogP contribution in [0.4, 0.5) is 0 Å². The van der Waals surface area contributed by atoms with Crippen LogP contribution in [0.1, 0.15) is 41.5 Å². The van der Waals surface area contributed by atoms with Crippen molar-refractivity contribution >= 4 is 0 Å². The van der Waals surface area contributed by atoms with E-state index < -0.39 is 0 Å². The van der Waals surface area contributed by atoms with Crippen molar-refractivity contribution in [2.24, 2.45) is 0 Å². The van der Waals surface area contributed by atoms with Crippen LogP contribution >= 0.6 is 0 Å². The van der Waals surface area contributed by atoms with E-state index in [1.807, 2.05) is 0 Å². The predicted molar refractivity (Wildman–Crippen MR) is 91.8 cm³/mol. The molecule has 116 valence electrons. The second-order valence-electron chi connectivity index (χ2n) is 5.96. The summed E-state index contributed by atoms with van der Waals surface area (Å²) in [6.45, 7) is 4.25. The number of fused-ring (bicyclic) bond motifs is 2. The molecule has 22 heavy (non-hydrogen) atoms. The second kappa shape index (κ2) is 6.97. The number of benzene rings is 2. The number of ether oxygens (including phenoxy) is 1. The Morgan fingerprint density at radius 3 is 2.64 bits per heavy atom. The number of hydrogen-bond donors (Lipinski definition) is 1. The van der Waals surface area contributed by atoms with Gasteiger partial charge in [-0.2, -0.15) is 0 Å². The highest BCUT2D eigenvalue weighted by Crippen LogP contribution is 2.37. The van der Waals surface area contributed by atoms with Gasteiger partial charge in [0.25, 0.3) is 0 Å². The molecule has 0 saturated carbocycles. The highest BCUT2D eigenvalue weighted by Gasteiger charge is 2.23. The fraction of sp³-hybridized carbons (Fsp3) is 0.400. The minimum atomic E-state index is 0.485. The molecular formula is C20H25NO. The quantitative estimate of drug-likeness (QED) is 0.844. The van der Waals surface area contributed by atoms with Crippen molar-refractivity contribution in [1.29, 1.82) is 0 Å². The van der Waals surface area contributed by atoms with Gasteiger partial charge in [-0.25, -0.2) is 0 Å². The van der Waals surface area contributed by atoms with Crippen LogP contribution in [0.15, 0.2) is 42.5 Å². The van der Waals surface area contributed by atoms with Crippen LogP contribution in [0.25, 0.3) is 0 Å². The van der Waals surface area contributed by atoms with Crippen molar-refractivity contribution in [1.82, 2.24) is 5.32 Å². The molecule has 0 amide bonds. The maximum Gasteiger partial charge on any atom is 0.119 e. The maximum atomic E-state index is 5.42. The Kier molecular flexibility index (Phi) is 4.79. The average Bonchev–Trinajstić information content (AvgIpc) is 2.72. The van der Waals surface area contributed by atoms with Gasteiger partial charge in [0.1, 0.15) is 5.75 Å². The van der Waals surface area contributed by atoms with E-state index in [9.17, 15) is 0 Å². The Hall–Kier alpha value is -1.80. The molecule has 3 rings (SSSR count). The molecule has 0 spiro atoms. The monoisotopic (exact) mass is 295 g/mol. The lowest BCUT2D eigenvalue weighted by Crippen LogP contribution is -2.18. The second-order valence-corrected chi connectivity index (χ2v) is 5.96. The normalized spacial score (nSPS) is 16.5. The van der Waals surface area contributed by atoms with Crippen molar-refractivity contribution in [2.45, 2.75) is 32.1 Å². The molecular weight excluding hydrogens is 270 g/mol. The zero-order chi connectivity index (χ0) is 15.4. The zero-order valence-electron chi connectivity index (χ0n) is 13.6. The molecule has 0 heterocycles. The van der Waals surface area contributed by atoms with Crippen LogP contribution in [0.5, 0.6) is 5.75 Å². The standard InChI is InChI=1S/C20H25NO/c1-3-21-13-12-20-18-7-5-4-6-15(18)8-9-16-14-17(22-2)10-11-19(16)20/h4-7,10-11,14,20-21H,3,8-9,12-13H2,1-2H3. The number of aryl methyl sites for hydroxylation is 2. The molecule has 2 nitrogen and oxygen atoms in total. The lowest BCUT2D eigenvalue weighted by Gasteiger charge is -2.21. The van der Waals surface area contributed by atoms with Gasteiger partial charge in [-0.05, 0) is 66.7 Å². The van der Waals surface area contributed by atoms with Gasteiger partial charge in [0.15, 0.2) is 0 Å². The van der Waals surface area contributed by atoms with Crippen molar-refractivity contribution in [3.05, 3.63) is 64.7 Å². The van der Waals surface area contributed by atoms with Gasteiger partial charge in [0, 0.05) is 5.92 Å². The van der Waals surface area contributed by atoms with Crippen molar-refractivity contribution in [3.8, 4) is 5.75 Å². The molecule has 0 bridgehead atoms. The van der Waals surface area contributed by atoms with E-state index in [-0.39, 0.29) is 0 Å². The summed E-state index contributed by atoms with van der Waals surface area (Å²) in [7, 11) is 1.75. The average molecular weight is 295 g/mol. The largest absolute Gasteiger partial charge is 0.497 e. The van der Waals surface area contributed by atoms with E-state index in [4.69, 9.17) is 4.74 Å². The third kappa shape index (κ3) is 3.02. The van der Waals surface area contributed by atoms with E-state index >= 15 is 0 Å². The summed E-state index contributed by atoms with van der Waals surface area (Å²) in [4.78, 5) is 0. The first kappa shape index (κ1) is 15.1. The summed E-state index contributed by atoms with van der Waals surface area (Å²) in [5, 5.41) is 3.48. The molecule has 0 aromatic heterocycles. The van der Waals surface area contributed by atoms with Crippen molar-refractivity contribution in [2.75, 3.05) is 20.2 Å². The smallest absolute Gasteiger partial charge is 0.119 e. The molecule has 1 unspecified atom stereocenters. The van der Waals surface area contributed by atoms with E-state index in [1.165, 1.54) is 22.3 Å². The van der Waals surface area contributed by atoms with E-state index in [2.05, 4.69) is 54.7 Å². The van der Waals surface area contributed by atoms with Crippen molar-refractivity contribution < 1.29 is 4.74 Å². The van der Waals surface area contributed by atoms with Gasteiger partial charge in [-0.3, -0.25) is 0 Å². The molecule has 1 N–H and O–H groups in total. The molecule has 1 aliphatic carbocycles. The number of methoxy groups -OCH3 is 1. The van der Waals surface area contributed by atoms with Crippen LogP contribution < -0.4 is 10.1 Å². The van der Waals surface area contributed by atoms with Crippen molar-refractivity contribution in [3.63, 3.8) is 0 Å². The van der Waals surface area contributed by atoms with E-state index in [1.54, 1.807) is 7.11 Å². The van der Waals surface area contributed by atoms with Crippen LogP contribution in [-0.2, 0) is 12.8 Å². The Morgan fingerprint density at radius 2 is 1.82 bits per heavy atom. The minimum absolute atomic E-state index is 0.485.